The van der Waals surface area contributed by atoms with Gasteiger partial charge in [0.25, 0.3) is 0 Å². The van der Waals surface area contributed by atoms with Crippen LogP contribution in [0, 0.1) is 5.92 Å². The molecule has 4 N–H and O–H groups in total. The maximum atomic E-state index is 10.6. The molecule has 0 aromatic carbocycles. The van der Waals surface area contributed by atoms with E-state index >= 15 is 0 Å². The summed E-state index contributed by atoms with van der Waals surface area (Å²) in [5.41, 5.74) is 0. The van der Waals surface area contributed by atoms with Crippen molar-refractivity contribution in [1.29, 1.82) is 0 Å². The van der Waals surface area contributed by atoms with Gasteiger partial charge in [-0.25, -0.2) is 0 Å². The van der Waals surface area contributed by atoms with Crippen LogP contribution in [0.5, 0.6) is 0 Å². The first-order valence-corrected chi connectivity index (χ1v) is 3.74. The van der Waals surface area contributed by atoms with Crippen molar-refractivity contribution in [3.05, 3.63) is 0 Å². The molecule has 0 amide bonds. The van der Waals surface area contributed by atoms with E-state index in [1.807, 2.05) is 0 Å². The van der Waals surface area contributed by atoms with Crippen molar-refractivity contribution >= 4 is 17.9 Å². The molecule has 2 atom stereocenters. The number of likely N-dealkylation sites (N-methyl/N-ethyl adjacent to an activating group) is 1. The Morgan fingerprint density at radius 1 is 1.14 bits per heavy atom. The van der Waals surface area contributed by atoms with E-state index in [0.717, 1.165) is 0 Å². The molecule has 0 spiro atoms. The number of hydrogen-bond acceptors (Lipinski definition) is 4. The number of carboxylic acids is 3. The fourth-order valence-electron chi connectivity index (χ4n) is 1.03. The van der Waals surface area contributed by atoms with Crippen molar-refractivity contribution < 1.29 is 29.7 Å². The molecule has 14 heavy (non-hydrogen) atoms. The molecule has 80 valence electrons. The molecule has 0 aliphatic carbocycles. The van der Waals surface area contributed by atoms with Gasteiger partial charge >= 0.3 is 17.9 Å². The van der Waals surface area contributed by atoms with E-state index in [4.69, 9.17) is 15.3 Å². The Hall–Kier alpha value is -1.63. The first kappa shape index (κ1) is 12.4. The zero-order valence-corrected chi connectivity index (χ0v) is 7.43. The van der Waals surface area contributed by atoms with Crippen LogP contribution >= 0.6 is 0 Å². The molecule has 2 unspecified atom stereocenters. The van der Waals surface area contributed by atoms with Crippen LogP contribution in [0.15, 0.2) is 0 Å². The third-order valence-electron chi connectivity index (χ3n) is 1.69. The van der Waals surface area contributed by atoms with E-state index < -0.39 is 36.3 Å². The quantitative estimate of drug-likeness (QED) is 0.430. The van der Waals surface area contributed by atoms with E-state index in [1.54, 1.807) is 0 Å². The van der Waals surface area contributed by atoms with E-state index in [9.17, 15) is 14.4 Å². The minimum absolute atomic E-state index is 0.729. The predicted molar refractivity (Wildman–Crippen MR) is 43.9 cm³/mol. The lowest BCUT2D eigenvalue weighted by atomic mass is 9.96. The van der Waals surface area contributed by atoms with Gasteiger partial charge in [0.1, 0.15) is 6.04 Å². The Morgan fingerprint density at radius 3 is 1.86 bits per heavy atom. The lowest BCUT2D eigenvalue weighted by molar-refractivity contribution is -0.154. The van der Waals surface area contributed by atoms with Gasteiger partial charge < -0.3 is 20.6 Å². The predicted octanol–water partition coefficient (Wildman–Crippen LogP) is -1.17. The van der Waals surface area contributed by atoms with Crippen molar-refractivity contribution in [3.8, 4) is 0 Å². The minimum Gasteiger partial charge on any atom is -0.481 e. The van der Waals surface area contributed by atoms with Crippen LogP contribution < -0.4 is 5.32 Å². The topological polar surface area (TPSA) is 124 Å². The summed E-state index contributed by atoms with van der Waals surface area (Å²) in [5, 5.41) is 27.8. The van der Waals surface area contributed by atoms with Gasteiger partial charge in [-0.2, -0.15) is 0 Å². The molecule has 0 radical (unpaired) electrons. The van der Waals surface area contributed by atoms with Crippen LogP contribution in [-0.2, 0) is 14.4 Å². The molecule has 7 nitrogen and oxygen atoms in total. The first-order valence-electron chi connectivity index (χ1n) is 3.74. The summed E-state index contributed by atoms with van der Waals surface area (Å²) in [6.45, 7) is 0. The highest BCUT2D eigenvalue weighted by Gasteiger charge is 2.34. The van der Waals surface area contributed by atoms with Crippen LogP contribution in [0.2, 0.25) is 0 Å². The fraction of sp³-hybridized carbons (Fsp3) is 0.571. The van der Waals surface area contributed by atoms with Gasteiger partial charge in [0.15, 0.2) is 0 Å². The van der Waals surface area contributed by atoms with Crippen molar-refractivity contribution in [2.75, 3.05) is 7.05 Å². The van der Waals surface area contributed by atoms with Crippen molar-refractivity contribution in [3.63, 3.8) is 0 Å². The number of nitrogens with one attached hydrogen (secondary N) is 1. The fourth-order valence-corrected chi connectivity index (χ4v) is 1.03. The van der Waals surface area contributed by atoms with Crippen molar-refractivity contribution in [1.82, 2.24) is 5.32 Å². The maximum Gasteiger partial charge on any atom is 0.321 e. The van der Waals surface area contributed by atoms with Gasteiger partial charge in [-0.05, 0) is 7.05 Å². The summed E-state index contributed by atoms with van der Waals surface area (Å²) in [6, 6.07) is -1.40. The van der Waals surface area contributed by atoms with Crippen molar-refractivity contribution in [2.45, 2.75) is 12.5 Å². The van der Waals surface area contributed by atoms with E-state index in [0.29, 0.717) is 0 Å². The summed E-state index contributed by atoms with van der Waals surface area (Å²) >= 11 is 0. The Bertz CT molecular complexity index is 251. The average Bonchev–Trinajstić information content (AvgIpc) is 2.02. The summed E-state index contributed by atoms with van der Waals surface area (Å²) in [7, 11) is 1.26. The Morgan fingerprint density at radius 2 is 1.64 bits per heavy atom. The number of hydrogen-bond donors (Lipinski definition) is 4. The van der Waals surface area contributed by atoms with Crippen LogP contribution in [0.25, 0.3) is 0 Å². The Balaban J connectivity index is 4.69. The highest BCUT2D eigenvalue weighted by atomic mass is 16.4. The van der Waals surface area contributed by atoms with E-state index in [2.05, 4.69) is 5.32 Å². The zero-order chi connectivity index (χ0) is 11.3. The van der Waals surface area contributed by atoms with E-state index in [1.165, 1.54) is 7.05 Å². The van der Waals surface area contributed by atoms with Gasteiger partial charge in [0.2, 0.25) is 0 Å². The lowest BCUT2D eigenvalue weighted by Gasteiger charge is -2.17. The highest BCUT2D eigenvalue weighted by molar-refractivity contribution is 5.85. The minimum atomic E-state index is -1.48. The van der Waals surface area contributed by atoms with Crippen LogP contribution in [0.4, 0.5) is 0 Å². The second-order valence-corrected chi connectivity index (χ2v) is 2.65. The zero-order valence-electron chi connectivity index (χ0n) is 7.43. The van der Waals surface area contributed by atoms with Crippen LogP contribution in [-0.4, -0.2) is 46.3 Å². The molecule has 0 heterocycles. The van der Waals surface area contributed by atoms with Gasteiger partial charge in [-0.15, -0.1) is 0 Å². The van der Waals surface area contributed by atoms with Gasteiger partial charge in [-0.1, -0.05) is 0 Å². The third-order valence-corrected chi connectivity index (χ3v) is 1.69. The third kappa shape index (κ3) is 3.40. The molecule has 0 aliphatic rings. The number of rotatable bonds is 6. The SMILES string of the molecule is CNC(C(=O)O)C(CC(=O)O)C(=O)O. The molecular weight excluding hydrogens is 194 g/mol. The molecule has 0 fully saturated rings. The molecule has 0 rings (SSSR count). The summed E-state index contributed by atoms with van der Waals surface area (Å²) in [6.07, 6.45) is -0.729. The van der Waals surface area contributed by atoms with Crippen LogP contribution in [0.1, 0.15) is 6.42 Å². The summed E-state index contributed by atoms with van der Waals surface area (Å²) in [4.78, 5) is 31.4. The van der Waals surface area contributed by atoms with E-state index in [-0.39, 0.29) is 0 Å². The second kappa shape index (κ2) is 5.18. The standard InChI is InChI=1S/C7H11NO6/c1-8-5(7(13)14)3(6(11)12)2-4(9)10/h3,5,8H,2H2,1H3,(H,9,10)(H,11,12)(H,13,14). The number of carboxylic acid groups (broad SMARTS) is 3. The first-order chi connectivity index (χ1) is 6.40. The van der Waals surface area contributed by atoms with Crippen molar-refractivity contribution in [2.24, 2.45) is 5.92 Å². The maximum absolute atomic E-state index is 10.6. The smallest absolute Gasteiger partial charge is 0.321 e. The van der Waals surface area contributed by atoms with Gasteiger partial charge in [0.05, 0.1) is 12.3 Å². The second-order valence-electron chi connectivity index (χ2n) is 2.65. The molecule has 0 saturated heterocycles. The number of aliphatic carboxylic acids is 3. The molecule has 7 heteroatoms. The van der Waals surface area contributed by atoms with Crippen LogP contribution in [0.3, 0.4) is 0 Å². The molecule has 0 saturated carbocycles. The Labute approximate surface area is 79.3 Å². The van der Waals surface area contributed by atoms with Gasteiger partial charge in [0, 0.05) is 0 Å². The normalized spacial score (nSPS) is 14.4. The highest BCUT2D eigenvalue weighted by Crippen LogP contribution is 2.09. The molecular formula is C7H11NO6. The Kier molecular flexibility index (Phi) is 4.57. The summed E-state index contributed by atoms with van der Waals surface area (Å²) < 4.78 is 0. The molecule has 0 aromatic rings. The molecule has 0 aliphatic heterocycles. The summed E-state index contributed by atoms with van der Waals surface area (Å²) in [5.74, 6) is -5.66. The number of carbonyl (C=O) groups is 3. The average molecular weight is 205 g/mol. The molecule has 0 aromatic heterocycles. The lowest BCUT2D eigenvalue weighted by Crippen LogP contribution is -2.45. The largest absolute Gasteiger partial charge is 0.481 e. The van der Waals surface area contributed by atoms with Gasteiger partial charge in [-0.3, -0.25) is 14.4 Å². The monoisotopic (exact) mass is 205 g/mol. The molecule has 0 bridgehead atoms.